The van der Waals surface area contributed by atoms with E-state index in [1.54, 1.807) is 0 Å². The van der Waals surface area contributed by atoms with Gasteiger partial charge in [-0.15, -0.1) is 0 Å². The summed E-state index contributed by atoms with van der Waals surface area (Å²) in [5.74, 6) is 2.10. The standard InChI is InChI=1S/C13H24N2/c1-9-5-12(8-15(9)2)14-13-7-10-3-4-11(13)6-10/h9-14H,3-8H2,1-2H3. The first-order chi connectivity index (χ1) is 7.22. The Bertz CT molecular complexity index is 231. The van der Waals surface area contributed by atoms with Gasteiger partial charge in [-0.1, -0.05) is 6.42 Å². The van der Waals surface area contributed by atoms with Gasteiger partial charge in [0.1, 0.15) is 0 Å². The van der Waals surface area contributed by atoms with Crippen molar-refractivity contribution in [3.05, 3.63) is 0 Å². The average Bonchev–Trinajstić information content (AvgIpc) is 2.84. The summed E-state index contributed by atoms with van der Waals surface area (Å²) in [7, 11) is 2.26. The third kappa shape index (κ3) is 1.83. The third-order valence-corrected chi connectivity index (χ3v) is 5.07. The van der Waals surface area contributed by atoms with Crippen LogP contribution in [0, 0.1) is 11.8 Å². The van der Waals surface area contributed by atoms with Crippen LogP contribution in [0.5, 0.6) is 0 Å². The van der Waals surface area contributed by atoms with E-state index in [1.807, 2.05) is 0 Å². The van der Waals surface area contributed by atoms with Gasteiger partial charge in [0, 0.05) is 24.7 Å². The molecule has 2 heteroatoms. The minimum Gasteiger partial charge on any atom is -0.310 e. The molecule has 0 aromatic carbocycles. The van der Waals surface area contributed by atoms with Gasteiger partial charge < -0.3 is 10.2 Å². The summed E-state index contributed by atoms with van der Waals surface area (Å²) in [6, 6.07) is 2.42. The van der Waals surface area contributed by atoms with E-state index in [2.05, 4.69) is 24.2 Å². The van der Waals surface area contributed by atoms with Gasteiger partial charge in [-0.2, -0.15) is 0 Å². The van der Waals surface area contributed by atoms with Crippen LogP contribution in [0.3, 0.4) is 0 Å². The van der Waals surface area contributed by atoms with E-state index in [4.69, 9.17) is 0 Å². The second kappa shape index (κ2) is 3.74. The number of hydrogen-bond acceptors (Lipinski definition) is 2. The van der Waals surface area contributed by atoms with Crippen molar-refractivity contribution in [1.82, 2.24) is 10.2 Å². The molecule has 3 aliphatic rings. The number of fused-ring (bicyclic) bond motifs is 2. The Balaban J connectivity index is 1.54. The molecule has 3 rings (SSSR count). The highest BCUT2D eigenvalue weighted by Crippen LogP contribution is 2.44. The molecule has 1 aliphatic heterocycles. The van der Waals surface area contributed by atoms with Gasteiger partial charge >= 0.3 is 0 Å². The zero-order valence-electron chi connectivity index (χ0n) is 10.1. The van der Waals surface area contributed by atoms with Crippen molar-refractivity contribution >= 4 is 0 Å². The second-order valence-electron chi connectivity index (χ2n) is 6.17. The molecule has 1 saturated heterocycles. The van der Waals surface area contributed by atoms with E-state index in [1.165, 1.54) is 38.6 Å². The lowest BCUT2D eigenvalue weighted by molar-refractivity contribution is 0.304. The monoisotopic (exact) mass is 208 g/mol. The molecule has 5 unspecified atom stereocenters. The number of nitrogens with one attached hydrogen (secondary N) is 1. The number of likely N-dealkylation sites (N-methyl/N-ethyl adjacent to an activating group) is 1. The predicted molar refractivity (Wildman–Crippen MR) is 62.9 cm³/mol. The third-order valence-electron chi connectivity index (χ3n) is 5.07. The Kier molecular flexibility index (Phi) is 2.52. The van der Waals surface area contributed by atoms with Crippen molar-refractivity contribution in [3.63, 3.8) is 0 Å². The zero-order valence-corrected chi connectivity index (χ0v) is 10.1. The molecule has 0 radical (unpaired) electrons. The van der Waals surface area contributed by atoms with Gasteiger partial charge in [0.25, 0.3) is 0 Å². The molecule has 2 bridgehead atoms. The van der Waals surface area contributed by atoms with E-state index in [0.717, 1.165) is 30.0 Å². The van der Waals surface area contributed by atoms with E-state index in [0.29, 0.717) is 0 Å². The summed E-state index contributed by atoms with van der Waals surface area (Å²) in [4.78, 5) is 2.49. The Hall–Kier alpha value is -0.0800. The van der Waals surface area contributed by atoms with Crippen molar-refractivity contribution < 1.29 is 0 Å². The summed E-state index contributed by atoms with van der Waals surface area (Å²) in [6.07, 6.45) is 7.36. The van der Waals surface area contributed by atoms with Crippen LogP contribution in [0.4, 0.5) is 0 Å². The fourth-order valence-corrected chi connectivity index (χ4v) is 4.07. The molecule has 2 aliphatic carbocycles. The van der Waals surface area contributed by atoms with Gasteiger partial charge in [-0.3, -0.25) is 0 Å². The van der Waals surface area contributed by atoms with Crippen LogP contribution in [0.15, 0.2) is 0 Å². The van der Waals surface area contributed by atoms with Crippen LogP contribution in [0.2, 0.25) is 0 Å². The Morgan fingerprint density at radius 3 is 2.53 bits per heavy atom. The summed E-state index contributed by atoms with van der Waals surface area (Å²) in [6.45, 7) is 3.61. The highest BCUT2D eigenvalue weighted by Gasteiger charge is 2.41. The molecule has 1 N–H and O–H groups in total. The molecule has 2 saturated carbocycles. The fourth-order valence-electron chi connectivity index (χ4n) is 4.07. The quantitative estimate of drug-likeness (QED) is 0.745. The maximum Gasteiger partial charge on any atom is 0.0212 e. The average molecular weight is 208 g/mol. The van der Waals surface area contributed by atoms with Crippen LogP contribution in [0.1, 0.15) is 39.0 Å². The largest absolute Gasteiger partial charge is 0.310 e. The molecular formula is C13H24N2. The normalized spacial score (nSPS) is 50.4. The van der Waals surface area contributed by atoms with Crippen molar-refractivity contribution in [2.24, 2.45) is 11.8 Å². The lowest BCUT2D eigenvalue weighted by atomic mass is 9.94. The van der Waals surface area contributed by atoms with Gasteiger partial charge in [0.15, 0.2) is 0 Å². The van der Waals surface area contributed by atoms with Crippen LogP contribution in [-0.2, 0) is 0 Å². The number of rotatable bonds is 2. The van der Waals surface area contributed by atoms with Gasteiger partial charge in [0.05, 0.1) is 0 Å². The molecule has 0 amide bonds. The highest BCUT2D eigenvalue weighted by atomic mass is 15.2. The molecule has 0 spiro atoms. The highest BCUT2D eigenvalue weighted by molar-refractivity contribution is 4.97. The van der Waals surface area contributed by atoms with Crippen molar-refractivity contribution in [3.8, 4) is 0 Å². The maximum absolute atomic E-state index is 3.93. The molecule has 15 heavy (non-hydrogen) atoms. The lowest BCUT2D eigenvalue weighted by Crippen LogP contribution is -2.42. The molecule has 5 atom stereocenters. The van der Waals surface area contributed by atoms with E-state index < -0.39 is 0 Å². The molecule has 86 valence electrons. The molecule has 1 heterocycles. The van der Waals surface area contributed by atoms with E-state index in [9.17, 15) is 0 Å². The Morgan fingerprint density at radius 1 is 1.13 bits per heavy atom. The second-order valence-corrected chi connectivity index (χ2v) is 6.17. The first kappa shape index (κ1) is 10.1. The lowest BCUT2D eigenvalue weighted by Gasteiger charge is -2.26. The minimum atomic E-state index is 0.773. The number of nitrogens with zero attached hydrogens (tertiary/aromatic N) is 1. The minimum absolute atomic E-state index is 0.773. The van der Waals surface area contributed by atoms with Gasteiger partial charge in [0.2, 0.25) is 0 Å². The zero-order chi connectivity index (χ0) is 10.4. The van der Waals surface area contributed by atoms with Crippen molar-refractivity contribution in [2.75, 3.05) is 13.6 Å². The Morgan fingerprint density at radius 2 is 2.00 bits per heavy atom. The predicted octanol–water partition coefficient (Wildman–Crippen LogP) is 1.86. The Labute approximate surface area is 93.4 Å². The fraction of sp³-hybridized carbons (Fsp3) is 1.00. The summed E-state index contributed by atoms with van der Waals surface area (Å²) >= 11 is 0. The number of likely N-dealkylation sites (tertiary alicyclic amines) is 1. The number of hydrogen-bond donors (Lipinski definition) is 1. The van der Waals surface area contributed by atoms with E-state index >= 15 is 0 Å². The molecule has 2 nitrogen and oxygen atoms in total. The summed E-state index contributed by atoms with van der Waals surface area (Å²) < 4.78 is 0. The van der Waals surface area contributed by atoms with Gasteiger partial charge in [-0.05, 0) is 51.5 Å². The van der Waals surface area contributed by atoms with Crippen molar-refractivity contribution in [1.29, 1.82) is 0 Å². The van der Waals surface area contributed by atoms with Crippen molar-refractivity contribution in [2.45, 2.75) is 57.2 Å². The maximum atomic E-state index is 3.93. The van der Waals surface area contributed by atoms with Crippen LogP contribution in [-0.4, -0.2) is 36.6 Å². The SMILES string of the molecule is CC1CC(NC2CC3CCC2C3)CN1C. The van der Waals surface area contributed by atoms with Crippen LogP contribution in [0.25, 0.3) is 0 Å². The first-order valence-electron chi connectivity index (χ1n) is 6.68. The smallest absolute Gasteiger partial charge is 0.0212 e. The first-order valence-corrected chi connectivity index (χ1v) is 6.68. The summed E-state index contributed by atoms with van der Waals surface area (Å²) in [5.41, 5.74) is 0. The van der Waals surface area contributed by atoms with Crippen LogP contribution >= 0.6 is 0 Å². The molecule has 3 fully saturated rings. The topological polar surface area (TPSA) is 15.3 Å². The van der Waals surface area contributed by atoms with Crippen LogP contribution < -0.4 is 5.32 Å². The summed E-state index contributed by atoms with van der Waals surface area (Å²) in [5, 5.41) is 3.93. The molecule has 0 aromatic heterocycles. The van der Waals surface area contributed by atoms with Gasteiger partial charge in [-0.25, -0.2) is 0 Å². The van der Waals surface area contributed by atoms with E-state index in [-0.39, 0.29) is 0 Å². The molecular weight excluding hydrogens is 184 g/mol. The molecule has 0 aromatic rings.